The fourth-order valence-corrected chi connectivity index (χ4v) is 1.05. The predicted molar refractivity (Wildman–Crippen MR) is 34.2 cm³/mol. The highest BCUT2D eigenvalue weighted by Crippen LogP contribution is 2.15. The first-order valence-electron chi connectivity index (χ1n) is 3.30. The van der Waals surface area contributed by atoms with Crippen LogP contribution in [0.4, 0.5) is 0 Å². The molecule has 9 heavy (non-hydrogen) atoms. The Kier molecular flexibility index (Phi) is 2.64. The van der Waals surface area contributed by atoms with Crippen LogP contribution in [-0.4, -0.2) is 19.8 Å². The van der Waals surface area contributed by atoms with Gasteiger partial charge in [0.2, 0.25) is 0 Å². The second-order valence-electron chi connectivity index (χ2n) is 2.37. The molecule has 1 aliphatic heterocycles. The summed E-state index contributed by atoms with van der Waals surface area (Å²) in [5, 5.41) is 2.79. The minimum absolute atomic E-state index is 0.452. The van der Waals surface area contributed by atoms with E-state index in [2.05, 4.69) is 5.18 Å². The molecule has 1 fully saturated rings. The van der Waals surface area contributed by atoms with Gasteiger partial charge in [-0.25, -0.2) is 0 Å². The van der Waals surface area contributed by atoms with E-state index in [1.165, 1.54) is 0 Å². The van der Waals surface area contributed by atoms with E-state index < -0.39 is 0 Å². The first kappa shape index (κ1) is 6.68. The molecule has 1 unspecified atom stereocenters. The molecule has 1 heterocycles. The Morgan fingerprint density at radius 3 is 3.11 bits per heavy atom. The van der Waals surface area contributed by atoms with Crippen LogP contribution in [0.2, 0.25) is 0 Å². The molecule has 0 N–H and O–H groups in total. The molecule has 3 nitrogen and oxygen atoms in total. The Balaban J connectivity index is 2.04. The Bertz CT molecular complexity index is 89.1. The van der Waals surface area contributed by atoms with E-state index in [1.54, 1.807) is 0 Å². The summed E-state index contributed by atoms with van der Waals surface area (Å²) in [4.78, 5) is 9.67. The van der Waals surface area contributed by atoms with E-state index in [-0.39, 0.29) is 0 Å². The van der Waals surface area contributed by atoms with E-state index in [1.807, 2.05) is 0 Å². The zero-order valence-electron chi connectivity index (χ0n) is 5.38. The summed E-state index contributed by atoms with van der Waals surface area (Å²) in [7, 11) is 0. The molecule has 0 bridgehead atoms. The van der Waals surface area contributed by atoms with Gasteiger partial charge >= 0.3 is 0 Å². The van der Waals surface area contributed by atoms with Gasteiger partial charge in [-0.1, -0.05) is 5.18 Å². The van der Waals surface area contributed by atoms with E-state index >= 15 is 0 Å². The number of hydrogen-bond acceptors (Lipinski definition) is 3. The van der Waals surface area contributed by atoms with Gasteiger partial charge in [0.25, 0.3) is 0 Å². The molecule has 0 aromatic carbocycles. The molecule has 1 saturated heterocycles. The van der Waals surface area contributed by atoms with Crippen LogP contribution in [0.1, 0.15) is 12.8 Å². The van der Waals surface area contributed by atoms with Crippen LogP contribution >= 0.6 is 0 Å². The van der Waals surface area contributed by atoms with Gasteiger partial charge in [0.05, 0.1) is 6.54 Å². The Morgan fingerprint density at radius 2 is 2.56 bits per heavy atom. The van der Waals surface area contributed by atoms with Crippen molar-refractivity contribution >= 4 is 0 Å². The molecule has 3 heteroatoms. The molecule has 0 aliphatic carbocycles. The fourth-order valence-electron chi connectivity index (χ4n) is 1.05. The summed E-state index contributed by atoms with van der Waals surface area (Å²) in [6, 6.07) is 0. The lowest BCUT2D eigenvalue weighted by Crippen LogP contribution is -1.99. The second kappa shape index (κ2) is 3.56. The van der Waals surface area contributed by atoms with Crippen molar-refractivity contribution in [2.45, 2.75) is 12.8 Å². The van der Waals surface area contributed by atoms with Gasteiger partial charge < -0.3 is 4.74 Å². The molecule has 0 aromatic rings. The van der Waals surface area contributed by atoms with Crippen molar-refractivity contribution in [2.75, 3.05) is 19.8 Å². The van der Waals surface area contributed by atoms with Gasteiger partial charge in [0, 0.05) is 13.2 Å². The summed E-state index contributed by atoms with van der Waals surface area (Å²) < 4.78 is 5.11. The minimum Gasteiger partial charge on any atom is -0.381 e. The number of nitroso groups, excluding NO2 is 1. The van der Waals surface area contributed by atoms with Gasteiger partial charge in [-0.05, 0) is 18.8 Å². The molecule has 1 atom stereocenters. The maximum absolute atomic E-state index is 9.67. The number of hydrogen-bond donors (Lipinski definition) is 0. The molecule has 0 amide bonds. The minimum atomic E-state index is 0.452. The van der Waals surface area contributed by atoms with Gasteiger partial charge in [-0.2, -0.15) is 4.91 Å². The highest BCUT2D eigenvalue weighted by atomic mass is 16.5. The average Bonchev–Trinajstić information content (AvgIpc) is 2.34. The van der Waals surface area contributed by atoms with Crippen LogP contribution in [0, 0.1) is 10.8 Å². The van der Waals surface area contributed by atoms with Gasteiger partial charge in [-0.3, -0.25) is 0 Å². The zero-order valence-corrected chi connectivity index (χ0v) is 5.38. The Hall–Kier alpha value is -0.440. The molecule has 0 saturated carbocycles. The molecule has 0 radical (unpaired) electrons. The highest BCUT2D eigenvalue weighted by molar-refractivity contribution is 4.64. The first-order chi connectivity index (χ1) is 4.43. The standard InChI is InChI=1S/C6H11NO2/c8-7-3-1-6-2-4-9-5-6/h6H,1-5H2. The van der Waals surface area contributed by atoms with Crippen LogP contribution in [0.3, 0.4) is 0 Å². The lowest BCUT2D eigenvalue weighted by molar-refractivity contribution is 0.184. The SMILES string of the molecule is O=NCCC1CCOC1. The second-order valence-corrected chi connectivity index (χ2v) is 2.37. The van der Waals surface area contributed by atoms with Crippen molar-refractivity contribution in [3.63, 3.8) is 0 Å². The number of nitrogens with zero attached hydrogens (tertiary/aromatic N) is 1. The molecule has 0 aromatic heterocycles. The van der Waals surface area contributed by atoms with Crippen molar-refractivity contribution < 1.29 is 4.74 Å². The third kappa shape index (κ3) is 2.10. The summed E-state index contributed by atoms with van der Waals surface area (Å²) in [6.45, 7) is 2.15. The van der Waals surface area contributed by atoms with Gasteiger partial charge in [-0.15, -0.1) is 0 Å². The quantitative estimate of drug-likeness (QED) is 0.536. The van der Waals surface area contributed by atoms with Gasteiger partial charge in [0.15, 0.2) is 0 Å². The Labute approximate surface area is 54.4 Å². The van der Waals surface area contributed by atoms with Crippen molar-refractivity contribution in [3.05, 3.63) is 4.91 Å². The molecular weight excluding hydrogens is 118 g/mol. The third-order valence-corrected chi connectivity index (χ3v) is 1.65. The maximum Gasteiger partial charge on any atom is 0.0814 e. The van der Waals surface area contributed by atoms with Crippen LogP contribution in [0.5, 0.6) is 0 Å². The predicted octanol–water partition coefficient (Wildman–Crippen LogP) is 1.18. The van der Waals surface area contributed by atoms with E-state index in [9.17, 15) is 4.91 Å². The zero-order chi connectivity index (χ0) is 6.53. The molecular formula is C6H11NO2. The maximum atomic E-state index is 9.67. The lowest BCUT2D eigenvalue weighted by Gasteiger charge is -2.00. The van der Waals surface area contributed by atoms with Crippen molar-refractivity contribution in [2.24, 2.45) is 11.1 Å². The summed E-state index contributed by atoms with van der Waals surface area (Å²) in [5.41, 5.74) is 0. The van der Waals surface area contributed by atoms with Crippen molar-refractivity contribution in [1.29, 1.82) is 0 Å². The normalized spacial score (nSPS) is 26.4. The van der Waals surface area contributed by atoms with Gasteiger partial charge in [0.1, 0.15) is 0 Å². The van der Waals surface area contributed by atoms with E-state index in [0.717, 1.165) is 26.1 Å². The topological polar surface area (TPSA) is 38.7 Å². The van der Waals surface area contributed by atoms with Crippen LogP contribution in [-0.2, 0) is 4.74 Å². The smallest absolute Gasteiger partial charge is 0.0814 e. The summed E-state index contributed by atoms with van der Waals surface area (Å²) >= 11 is 0. The fraction of sp³-hybridized carbons (Fsp3) is 1.00. The highest BCUT2D eigenvalue weighted by Gasteiger charge is 2.14. The third-order valence-electron chi connectivity index (χ3n) is 1.65. The monoisotopic (exact) mass is 129 g/mol. The largest absolute Gasteiger partial charge is 0.381 e. The average molecular weight is 129 g/mol. The molecule has 52 valence electrons. The first-order valence-corrected chi connectivity index (χ1v) is 3.30. The molecule has 1 aliphatic rings. The molecule has 1 rings (SSSR count). The van der Waals surface area contributed by atoms with E-state index in [4.69, 9.17) is 4.74 Å². The van der Waals surface area contributed by atoms with Crippen LogP contribution in [0.15, 0.2) is 5.18 Å². The molecule has 0 spiro atoms. The summed E-state index contributed by atoms with van der Waals surface area (Å²) in [5.74, 6) is 0.600. The van der Waals surface area contributed by atoms with E-state index in [0.29, 0.717) is 12.5 Å². The van der Waals surface area contributed by atoms with Crippen LogP contribution < -0.4 is 0 Å². The number of ether oxygens (including phenoxy) is 1. The summed E-state index contributed by atoms with van der Waals surface area (Å²) in [6.07, 6.45) is 2.01. The van der Waals surface area contributed by atoms with Crippen molar-refractivity contribution in [1.82, 2.24) is 0 Å². The van der Waals surface area contributed by atoms with Crippen molar-refractivity contribution in [3.8, 4) is 0 Å². The Morgan fingerprint density at radius 1 is 1.67 bits per heavy atom. The lowest BCUT2D eigenvalue weighted by atomic mass is 10.1. The van der Waals surface area contributed by atoms with Crippen LogP contribution in [0.25, 0.3) is 0 Å². The number of rotatable bonds is 3.